The number of benzene rings is 1. The second kappa shape index (κ2) is 7.87. The van der Waals surface area contributed by atoms with Crippen LogP contribution in [0.2, 0.25) is 10.0 Å². The van der Waals surface area contributed by atoms with Crippen LogP contribution in [0.5, 0.6) is 0 Å². The van der Waals surface area contributed by atoms with Crippen molar-refractivity contribution in [3.63, 3.8) is 0 Å². The van der Waals surface area contributed by atoms with Gasteiger partial charge in [0, 0.05) is 27.8 Å². The Kier molecular flexibility index (Phi) is 5.53. The maximum atomic E-state index is 12.9. The molecular weight excluding hydrogens is 391 g/mol. The normalized spacial score (nSPS) is 18.2. The summed E-state index contributed by atoms with van der Waals surface area (Å²) in [6.45, 7) is 0. The lowest BCUT2D eigenvalue weighted by molar-refractivity contribution is 0.0889. The number of hydrogen-bond acceptors (Lipinski definition) is 5. The molecule has 0 bridgehead atoms. The first-order valence-electron chi connectivity index (χ1n) is 9.07. The highest BCUT2D eigenvalue weighted by Gasteiger charge is 2.29. The van der Waals surface area contributed by atoms with Crippen molar-refractivity contribution in [2.45, 2.75) is 61.9 Å². The van der Waals surface area contributed by atoms with Crippen LogP contribution in [0.3, 0.4) is 0 Å². The zero-order chi connectivity index (χ0) is 18.1. The van der Waals surface area contributed by atoms with Crippen molar-refractivity contribution in [1.29, 1.82) is 0 Å². The van der Waals surface area contributed by atoms with Crippen molar-refractivity contribution in [3.05, 3.63) is 33.3 Å². The van der Waals surface area contributed by atoms with E-state index in [1.165, 1.54) is 18.2 Å². The fraction of sp³-hybridized carbons (Fsp3) is 0.556. The number of carbonyl (C=O) groups excluding carboxylic acids is 1. The highest BCUT2D eigenvalue weighted by Crippen LogP contribution is 2.39. The molecule has 1 aromatic heterocycles. The minimum absolute atomic E-state index is 0.0880. The van der Waals surface area contributed by atoms with Gasteiger partial charge in [-0.3, -0.25) is 4.79 Å². The Balaban J connectivity index is 1.53. The summed E-state index contributed by atoms with van der Waals surface area (Å²) in [6.07, 6.45) is 7.60. The molecule has 26 heavy (non-hydrogen) atoms. The summed E-state index contributed by atoms with van der Waals surface area (Å²) >= 11 is 14.5. The van der Waals surface area contributed by atoms with Crippen molar-refractivity contribution >= 4 is 40.7 Å². The van der Waals surface area contributed by atoms with E-state index in [0.29, 0.717) is 27.4 Å². The Bertz CT molecular complexity index is 816. The van der Waals surface area contributed by atoms with Gasteiger partial charge in [0.15, 0.2) is 5.78 Å². The minimum atomic E-state index is 0.0880. The maximum absolute atomic E-state index is 12.9. The van der Waals surface area contributed by atoms with E-state index in [9.17, 15) is 4.79 Å². The predicted octanol–water partition coefficient (Wildman–Crippen LogP) is 5.37. The highest BCUT2D eigenvalue weighted by atomic mass is 35.5. The van der Waals surface area contributed by atoms with Crippen molar-refractivity contribution in [1.82, 2.24) is 20.2 Å². The van der Waals surface area contributed by atoms with Gasteiger partial charge in [-0.05, 0) is 48.2 Å². The molecule has 0 spiro atoms. The number of carbonyl (C=O) groups is 1. The fourth-order valence-electron chi connectivity index (χ4n) is 3.47. The fourth-order valence-corrected chi connectivity index (χ4v) is 5.21. The summed E-state index contributed by atoms with van der Waals surface area (Å²) in [6, 6.07) is 3.96. The van der Waals surface area contributed by atoms with Gasteiger partial charge in [0.25, 0.3) is 0 Å². The van der Waals surface area contributed by atoms with Crippen molar-refractivity contribution in [2.24, 2.45) is 5.92 Å². The summed E-state index contributed by atoms with van der Waals surface area (Å²) < 4.78 is 1.86. The number of thioether (sulfide) groups is 1. The van der Waals surface area contributed by atoms with Crippen LogP contribution < -0.4 is 0 Å². The second-order valence-electron chi connectivity index (χ2n) is 7.01. The zero-order valence-electron chi connectivity index (χ0n) is 14.3. The average molecular weight is 411 g/mol. The molecule has 2 aliphatic carbocycles. The van der Waals surface area contributed by atoms with E-state index in [-0.39, 0.29) is 11.7 Å². The van der Waals surface area contributed by atoms with Gasteiger partial charge < -0.3 is 0 Å². The molecular formula is C18H20Cl2N4OS. The quantitative estimate of drug-likeness (QED) is 0.472. The summed E-state index contributed by atoms with van der Waals surface area (Å²) in [7, 11) is 0. The molecule has 2 aliphatic rings. The number of tetrazole rings is 1. The third kappa shape index (κ3) is 3.78. The van der Waals surface area contributed by atoms with Gasteiger partial charge in [-0.2, -0.15) is 0 Å². The van der Waals surface area contributed by atoms with E-state index in [0.717, 1.165) is 49.2 Å². The monoisotopic (exact) mass is 410 g/mol. The molecule has 8 heteroatoms. The number of aromatic nitrogens is 4. The SMILES string of the molecule is O=C(c1ccc(Cl)c(CSc2nnnn2C2CC2)c1Cl)C1CCCCC1. The smallest absolute Gasteiger partial charge is 0.209 e. The van der Waals surface area contributed by atoms with Gasteiger partial charge in [-0.1, -0.05) is 54.2 Å². The summed E-state index contributed by atoms with van der Waals surface area (Å²) in [5.74, 6) is 0.779. The van der Waals surface area contributed by atoms with E-state index < -0.39 is 0 Å². The van der Waals surface area contributed by atoms with Crippen LogP contribution in [-0.4, -0.2) is 26.0 Å². The van der Waals surface area contributed by atoms with Gasteiger partial charge in [-0.25, -0.2) is 4.68 Å². The Labute approximate surface area is 166 Å². The van der Waals surface area contributed by atoms with E-state index in [1.54, 1.807) is 12.1 Å². The lowest BCUT2D eigenvalue weighted by Gasteiger charge is -2.21. The van der Waals surface area contributed by atoms with Gasteiger partial charge in [-0.15, -0.1) is 5.10 Å². The molecule has 0 atom stereocenters. The molecule has 5 nitrogen and oxygen atoms in total. The number of hydrogen-bond donors (Lipinski definition) is 0. The molecule has 0 unspecified atom stereocenters. The predicted molar refractivity (Wildman–Crippen MR) is 103 cm³/mol. The molecule has 1 aromatic carbocycles. The molecule has 0 radical (unpaired) electrons. The Morgan fingerprint density at radius 2 is 1.92 bits per heavy atom. The molecule has 138 valence electrons. The molecule has 2 aromatic rings. The zero-order valence-corrected chi connectivity index (χ0v) is 16.7. The topological polar surface area (TPSA) is 60.7 Å². The lowest BCUT2D eigenvalue weighted by Crippen LogP contribution is -2.18. The van der Waals surface area contributed by atoms with Crippen LogP contribution in [0.4, 0.5) is 0 Å². The number of rotatable bonds is 6. The number of halogens is 2. The average Bonchev–Trinajstić information content (AvgIpc) is 3.40. The molecule has 0 aliphatic heterocycles. The van der Waals surface area contributed by atoms with E-state index in [2.05, 4.69) is 15.5 Å². The molecule has 2 saturated carbocycles. The van der Waals surface area contributed by atoms with E-state index >= 15 is 0 Å². The third-order valence-electron chi connectivity index (χ3n) is 5.13. The van der Waals surface area contributed by atoms with E-state index in [1.807, 2.05) is 4.68 Å². The van der Waals surface area contributed by atoms with Gasteiger partial charge in [0.05, 0.1) is 11.1 Å². The van der Waals surface area contributed by atoms with Crippen molar-refractivity contribution in [3.8, 4) is 0 Å². The number of ketones is 1. The molecule has 0 N–H and O–H groups in total. The van der Waals surface area contributed by atoms with Gasteiger partial charge in [0.2, 0.25) is 5.16 Å². The lowest BCUT2D eigenvalue weighted by atomic mass is 9.83. The largest absolute Gasteiger partial charge is 0.294 e. The van der Waals surface area contributed by atoms with Crippen LogP contribution in [-0.2, 0) is 5.75 Å². The highest BCUT2D eigenvalue weighted by molar-refractivity contribution is 7.98. The van der Waals surface area contributed by atoms with Crippen LogP contribution in [0, 0.1) is 5.92 Å². The van der Waals surface area contributed by atoms with Gasteiger partial charge in [0.1, 0.15) is 0 Å². The second-order valence-corrected chi connectivity index (χ2v) is 8.74. The summed E-state index contributed by atoms with van der Waals surface area (Å²) in [4.78, 5) is 12.9. The maximum Gasteiger partial charge on any atom is 0.209 e. The molecule has 1 heterocycles. The van der Waals surface area contributed by atoms with Gasteiger partial charge >= 0.3 is 0 Å². The van der Waals surface area contributed by atoms with Crippen molar-refractivity contribution < 1.29 is 4.79 Å². The first-order valence-corrected chi connectivity index (χ1v) is 10.8. The first-order chi connectivity index (χ1) is 12.6. The Hall–Kier alpha value is -1.11. The Morgan fingerprint density at radius 3 is 2.65 bits per heavy atom. The van der Waals surface area contributed by atoms with Crippen LogP contribution in [0.1, 0.15) is 66.9 Å². The Morgan fingerprint density at radius 1 is 1.15 bits per heavy atom. The van der Waals surface area contributed by atoms with E-state index in [4.69, 9.17) is 23.2 Å². The molecule has 0 saturated heterocycles. The molecule has 4 rings (SSSR count). The van der Waals surface area contributed by atoms with Crippen LogP contribution >= 0.6 is 35.0 Å². The summed E-state index contributed by atoms with van der Waals surface area (Å²) in [5, 5.41) is 13.7. The van der Waals surface area contributed by atoms with Crippen LogP contribution in [0.25, 0.3) is 0 Å². The van der Waals surface area contributed by atoms with Crippen molar-refractivity contribution in [2.75, 3.05) is 0 Å². The molecule has 0 amide bonds. The minimum Gasteiger partial charge on any atom is -0.294 e. The third-order valence-corrected chi connectivity index (χ3v) is 6.87. The standard InChI is InChI=1S/C18H20Cl2N4OS/c19-15-9-8-13(17(25)11-4-2-1-3-5-11)16(20)14(15)10-26-18-21-22-23-24(18)12-6-7-12/h8-9,11-12H,1-7,10H2. The molecule has 2 fully saturated rings. The summed E-state index contributed by atoms with van der Waals surface area (Å²) in [5.41, 5.74) is 1.38. The van der Waals surface area contributed by atoms with Crippen LogP contribution in [0.15, 0.2) is 17.3 Å². The first kappa shape index (κ1) is 18.3. The number of nitrogens with zero attached hydrogens (tertiary/aromatic N) is 4. The number of Topliss-reactive ketones (excluding diaryl/α,β-unsaturated/α-hetero) is 1.